The molecule has 2 aromatic carbocycles. The first-order valence-corrected chi connectivity index (χ1v) is 10.6. The average Bonchev–Trinajstić information content (AvgIpc) is 3.00. The largest absolute Gasteiger partial charge is 0.497 e. The number of carbonyl (C=O) groups excluding carboxylic acids is 1. The molecule has 1 atom stereocenters. The third-order valence-corrected chi connectivity index (χ3v) is 6.37. The van der Waals surface area contributed by atoms with E-state index in [-0.39, 0.29) is 10.8 Å². The molecule has 28 heavy (non-hydrogen) atoms. The van der Waals surface area contributed by atoms with Crippen LogP contribution in [0.5, 0.6) is 5.75 Å². The summed E-state index contributed by atoms with van der Waals surface area (Å²) in [6.07, 6.45) is 2.43. The lowest BCUT2D eigenvalue weighted by molar-refractivity contribution is -0.120. The number of methoxy groups -OCH3 is 1. The number of nitrogens with one attached hydrogen (secondary N) is 1. The number of likely N-dealkylation sites (tertiary alicyclic amines) is 1. The van der Waals surface area contributed by atoms with Crippen LogP contribution in [0.25, 0.3) is 0 Å². The van der Waals surface area contributed by atoms with Crippen LogP contribution in [0.2, 0.25) is 0 Å². The van der Waals surface area contributed by atoms with Crippen LogP contribution in [0.3, 0.4) is 0 Å². The number of fused-ring (bicyclic) bond motifs is 1. The van der Waals surface area contributed by atoms with E-state index in [1.165, 1.54) is 0 Å². The van der Waals surface area contributed by atoms with Crippen LogP contribution in [-0.2, 0) is 14.8 Å². The van der Waals surface area contributed by atoms with Crippen molar-refractivity contribution < 1.29 is 17.9 Å². The number of hydrogen-bond acceptors (Lipinski definition) is 5. The molecule has 0 saturated carbocycles. The van der Waals surface area contributed by atoms with E-state index in [1.54, 1.807) is 55.6 Å². The topological polar surface area (TPSA) is 88.1 Å². The smallest absolute Gasteiger partial charge is 0.285 e. The molecular formula is C20H21N3O4S. The fourth-order valence-corrected chi connectivity index (χ4v) is 4.87. The van der Waals surface area contributed by atoms with E-state index in [0.717, 1.165) is 12.8 Å². The van der Waals surface area contributed by atoms with Gasteiger partial charge in [-0.05, 0) is 55.7 Å². The Morgan fingerprint density at radius 1 is 1.14 bits per heavy atom. The van der Waals surface area contributed by atoms with Gasteiger partial charge in [-0.25, -0.2) is 0 Å². The Morgan fingerprint density at radius 2 is 1.89 bits per heavy atom. The van der Waals surface area contributed by atoms with E-state index in [4.69, 9.17) is 4.74 Å². The summed E-state index contributed by atoms with van der Waals surface area (Å²) in [5.74, 6) is 0.902. The Bertz CT molecular complexity index is 1030. The number of piperidine rings is 1. The number of carbonyl (C=O) groups is 1. The molecule has 0 aliphatic carbocycles. The second kappa shape index (κ2) is 7.27. The normalized spacial score (nSPS) is 20.2. The summed E-state index contributed by atoms with van der Waals surface area (Å²) in [7, 11) is -2.13. The van der Waals surface area contributed by atoms with Gasteiger partial charge in [-0.3, -0.25) is 4.79 Å². The molecule has 0 spiro atoms. The fraction of sp³-hybridized carbons (Fsp3) is 0.300. The van der Waals surface area contributed by atoms with Gasteiger partial charge in [-0.15, -0.1) is 4.40 Å². The van der Waals surface area contributed by atoms with Crippen molar-refractivity contribution in [3.05, 3.63) is 54.1 Å². The summed E-state index contributed by atoms with van der Waals surface area (Å²) >= 11 is 0. The molecule has 0 bridgehead atoms. The van der Waals surface area contributed by atoms with E-state index in [2.05, 4.69) is 9.71 Å². The van der Waals surface area contributed by atoms with Crippen molar-refractivity contribution >= 4 is 27.5 Å². The standard InChI is InChI=1S/C20H21N3O4S/c1-27-15-11-9-14(10-12-15)21-20(24)17-7-4-5-13-23(17)19-16-6-2-3-8-18(16)28(25,26)22-19/h2-3,6,8-12,17H,4-5,7,13H2,1H3,(H,21,24)/t17-/m1/s1. The molecule has 1 N–H and O–H groups in total. The Labute approximate surface area is 164 Å². The van der Waals surface area contributed by atoms with Gasteiger partial charge in [-0.2, -0.15) is 8.42 Å². The fourth-order valence-electron chi connectivity index (χ4n) is 3.65. The summed E-state index contributed by atoms with van der Waals surface area (Å²) in [4.78, 5) is 15.0. The molecule has 1 amide bonds. The van der Waals surface area contributed by atoms with Crippen LogP contribution < -0.4 is 10.1 Å². The third-order valence-electron chi connectivity index (χ3n) is 5.05. The Kier molecular flexibility index (Phi) is 4.80. The monoisotopic (exact) mass is 399 g/mol. The van der Waals surface area contributed by atoms with Gasteiger partial charge in [0.25, 0.3) is 10.0 Å². The van der Waals surface area contributed by atoms with Crippen LogP contribution in [0.1, 0.15) is 24.8 Å². The number of hydrogen-bond donors (Lipinski definition) is 1. The van der Waals surface area contributed by atoms with Gasteiger partial charge < -0.3 is 15.0 Å². The van der Waals surface area contributed by atoms with Crippen molar-refractivity contribution in [3.63, 3.8) is 0 Å². The summed E-state index contributed by atoms with van der Waals surface area (Å²) < 4.78 is 33.9. The minimum Gasteiger partial charge on any atom is -0.497 e. The lowest BCUT2D eigenvalue weighted by Gasteiger charge is -2.36. The number of anilines is 1. The highest BCUT2D eigenvalue weighted by Gasteiger charge is 2.37. The quantitative estimate of drug-likeness (QED) is 0.857. The first-order chi connectivity index (χ1) is 13.5. The van der Waals surface area contributed by atoms with Gasteiger partial charge >= 0.3 is 0 Å². The van der Waals surface area contributed by atoms with Crippen molar-refractivity contribution in [2.45, 2.75) is 30.2 Å². The zero-order chi connectivity index (χ0) is 19.7. The molecular weight excluding hydrogens is 378 g/mol. The van der Waals surface area contributed by atoms with Crippen molar-refractivity contribution in [2.24, 2.45) is 4.40 Å². The Hall–Kier alpha value is -2.87. The number of ether oxygens (including phenoxy) is 1. The van der Waals surface area contributed by atoms with E-state index >= 15 is 0 Å². The number of amidine groups is 1. The van der Waals surface area contributed by atoms with Crippen molar-refractivity contribution in [1.82, 2.24) is 4.90 Å². The van der Waals surface area contributed by atoms with Gasteiger partial charge in [0.15, 0.2) is 5.84 Å². The van der Waals surface area contributed by atoms with E-state index in [0.29, 0.717) is 35.8 Å². The van der Waals surface area contributed by atoms with Crippen LogP contribution in [0, 0.1) is 0 Å². The second-order valence-electron chi connectivity index (χ2n) is 6.81. The van der Waals surface area contributed by atoms with Crippen molar-refractivity contribution in [2.75, 3.05) is 19.0 Å². The molecule has 2 aliphatic heterocycles. The van der Waals surface area contributed by atoms with Gasteiger partial charge in [0.1, 0.15) is 16.7 Å². The molecule has 146 valence electrons. The summed E-state index contributed by atoms with van der Waals surface area (Å²) in [6.45, 7) is 0.587. The zero-order valence-corrected chi connectivity index (χ0v) is 16.3. The maximum atomic E-state index is 13.0. The molecule has 2 heterocycles. The van der Waals surface area contributed by atoms with Crippen LogP contribution in [-0.4, -0.2) is 44.8 Å². The summed E-state index contributed by atoms with van der Waals surface area (Å²) in [6, 6.07) is 13.4. The minimum atomic E-state index is -3.72. The maximum Gasteiger partial charge on any atom is 0.285 e. The molecule has 0 unspecified atom stereocenters. The second-order valence-corrected chi connectivity index (χ2v) is 8.38. The molecule has 0 aromatic heterocycles. The van der Waals surface area contributed by atoms with E-state index in [9.17, 15) is 13.2 Å². The maximum absolute atomic E-state index is 13.0. The lowest BCUT2D eigenvalue weighted by Crippen LogP contribution is -2.50. The van der Waals surface area contributed by atoms with E-state index in [1.807, 2.05) is 4.90 Å². The lowest BCUT2D eigenvalue weighted by atomic mass is 9.99. The SMILES string of the molecule is COc1ccc(NC(=O)[C@H]2CCCCN2C2=NS(=O)(=O)c3ccccc32)cc1. The van der Waals surface area contributed by atoms with Gasteiger partial charge in [0.2, 0.25) is 5.91 Å². The molecule has 4 rings (SSSR count). The molecule has 2 aliphatic rings. The molecule has 1 saturated heterocycles. The first kappa shape index (κ1) is 18.5. The minimum absolute atomic E-state index is 0.172. The molecule has 0 radical (unpaired) electrons. The summed E-state index contributed by atoms with van der Waals surface area (Å²) in [5, 5.41) is 2.92. The highest BCUT2D eigenvalue weighted by molar-refractivity contribution is 7.90. The van der Waals surface area contributed by atoms with Crippen LogP contribution in [0.15, 0.2) is 57.8 Å². The highest BCUT2D eigenvalue weighted by atomic mass is 32.2. The van der Waals surface area contributed by atoms with Gasteiger partial charge in [-0.1, -0.05) is 12.1 Å². The molecule has 2 aromatic rings. The van der Waals surface area contributed by atoms with Crippen molar-refractivity contribution in [1.29, 1.82) is 0 Å². The predicted octanol–water partition coefficient (Wildman–Crippen LogP) is 2.64. The van der Waals surface area contributed by atoms with Gasteiger partial charge in [0, 0.05) is 17.8 Å². The van der Waals surface area contributed by atoms with Crippen LogP contribution in [0.4, 0.5) is 5.69 Å². The zero-order valence-electron chi connectivity index (χ0n) is 15.5. The number of sulfonamides is 1. The van der Waals surface area contributed by atoms with E-state index < -0.39 is 16.1 Å². The Morgan fingerprint density at radius 3 is 2.64 bits per heavy atom. The first-order valence-electron chi connectivity index (χ1n) is 9.15. The number of amides is 1. The van der Waals surface area contributed by atoms with Crippen molar-refractivity contribution in [3.8, 4) is 5.75 Å². The highest BCUT2D eigenvalue weighted by Crippen LogP contribution is 2.31. The third kappa shape index (κ3) is 3.35. The molecule has 7 nitrogen and oxygen atoms in total. The van der Waals surface area contributed by atoms with Crippen LogP contribution >= 0.6 is 0 Å². The summed E-state index contributed by atoms with van der Waals surface area (Å²) in [5.41, 5.74) is 1.23. The number of benzene rings is 2. The number of rotatable bonds is 3. The van der Waals surface area contributed by atoms with Gasteiger partial charge in [0.05, 0.1) is 7.11 Å². The molecule has 1 fully saturated rings. The average molecular weight is 399 g/mol. The predicted molar refractivity (Wildman–Crippen MR) is 106 cm³/mol. The number of nitrogens with zero attached hydrogens (tertiary/aromatic N) is 2. The molecule has 8 heteroatoms. The Balaban J connectivity index is 1.61.